The van der Waals surface area contributed by atoms with E-state index in [1.807, 2.05) is 29.2 Å². The van der Waals surface area contributed by atoms with E-state index in [9.17, 15) is 4.79 Å². The molecule has 1 fully saturated rings. The molecule has 3 rings (SSSR count). The minimum Gasteiger partial charge on any atom is -0.494 e. The molecule has 2 aromatic rings. The molecule has 0 spiro atoms. The second kappa shape index (κ2) is 9.90. The normalized spacial score (nSPS) is 16.8. The van der Waals surface area contributed by atoms with Crippen molar-refractivity contribution in [3.63, 3.8) is 0 Å². The minimum atomic E-state index is -0.0550. The summed E-state index contributed by atoms with van der Waals surface area (Å²) in [7, 11) is 0. The Morgan fingerprint density at radius 2 is 2.07 bits per heavy atom. The fraction of sp³-hybridized carbons (Fsp3) is 0.476. The van der Waals surface area contributed by atoms with Crippen molar-refractivity contribution in [2.45, 2.75) is 45.1 Å². The zero-order valence-electron chi connectivity index (χ0n) is 15.8. The Labute approximate surface area is 160 Å². The van der Waals surface area contributed by atoms with Crippen LogP contribution < -0.4 is 9.47 Å². The van der Waals surface area contributed by atoms with Crippen LogP contribution in [-0.4, -0.2) is 46.8 Å². The summed E-state index contributed by atoms with van der Waals surface area (Å²) in [5.41, 5.74) is 0.677. The number of likely N-dealkylation sites (tertiary alicyclic amines) is 1. The Hall–Kier alpha value is -2.63. The van der Waals surface area contributed by atoms with Gasteiger partial charge in [0, 0.05) is 24.4 Å². The third-order valence-electron chi connectivity index (χ3n) is 4.62. The highest BCUT2D eigenvalue weighted by Crippen LogP contribution is 2.19. The summed E-state index contributed by atoms with van der Waals surface area (Å²) >= 11 is 0. The lowest BCUT2D eigenvalue weighted by Gasteiger charge is -2.32. The molecular weight excluding hydrogens is 342 g/mol. The lowest BCUT2D eigenvalue weighted by molar-refractivity contribution is 0.0525. The molecule has 0 N–H and O–H groups in total. The zero-order chi connectivity index (χ0) is 18.9. The first kappa shape index (κ1) is 19.1. The predicted octanol–water partition coefficient (Wildman–Crippen LogP) is 3.73. The maximum Gasteiger partial charge on any atom is 0.253 e. The summed E-state index contributed by atoms with van der Waals surface area (Å²) in [5, 5.41) is 7.78. The van der Waals surface area contributed by atoms with Crippen LogP contribution in [0.1, 0.15) is 49.4 Å². The quantitative estimate of drug-likeness (QED) is 0.664. The van der Waals surface area contributed by atoms with Gasteiger partial charge < -0.3 is 14.4 Å². The number of aromatic nitrogens is 2. The maximum atomic E-state index is 12.8. The molecule has 1 saturated heterocycles. The molecule has 1 atom stereocenters. The second-order valence-electron chi connectivity index (χ2n) is 6.78. The molecule has 6 nitrogen and oxygen atoms in total. The summed E-state index contributed by atoms with van der Waals surface area (Å²) in [6.45, 7) is 4.19. The van der Waals surface area contributed by atoms with E-state index in [1.165, 1.54) is 12.8 Å². The Bertz CT molecular complexity index is 706. The summed E-state index contributed by atoms with van der Waals surface area (Å²) < 4.78 is 11.6. The van der Waals surface area contributed by atoms with E-state index in [0.717, 1.165) is 31.6 Å². The predicted molar refractivity (Wildman–Crippen MR) is 103 cm³/mol. The van der Waals surface area contributed by atoms with Crippen molar-refractivity contribution in [3.05, 3.63) is 48.2 Å². The summed E-state index contributed by atoms with van der Waals surface area (Å²) in [6, 6.07) is 11.0. The Balaban J connectivity index is 1.53. The average Bonchev–Trinajstić information content (AvgIpc) is 2.72. The van der Waals surface area contributed by atoms with E-state index in [0.29, 0.717) is 24.6 Å². The summed E-state index contributed by atoms with van der Waals surface area (Å²) in [4.78, 5) is 14.7. The van der Waals surface area contributed by atoms with E-state index in [2.05, 4.69) is 17.1 Å². The fourth-order valence-electron chi connectivity index (χ4n) is 3.16. The largest absolute Gasteiger partial charge is 0.494 e. The van der Waals surface area contributed by atoms with Crippen LogP contribution in [0.25, 0.3) is 0 Å². The first-order valence-electron chi connectivity index (χ1n) is 9.72. The average molecular weight is 369 g/mol. The first-order valence-corrected chi connectivity index (χ1v) is 9.72. The van der Waals surface area contributed by atoms with Crippen molar-refractivity contribution >= 4 is 5.91 Å². The SMILES string of the molecule is CCCCCOc1ccc(C(=O)N2CCCC(Oc3cccnn3)C2)cc1. The Kier molecular flexibility index (Phi) is 7.02. The third-order valence-corrected chi connectivity index (χ3v) is 4.62. The molecule has 144 valence electrons. The molecule has 0 radical (unpaired) electrons. The van der Waals surface area contributed by atoms with Gasteiger partial charge in [0.15, 0.2) is 0 Å². The molecule has 2 heterocycles. The number of carbonyl (C=O) groups excluding carboxylic acids is 1. The smallest absolute Gasteiger partial charge is 0.253 e. The Morgan fingerprint density at radius 3 is 2.81 bits per heavy atom. The number of ether oxygens (including phenoxy) is 2. The van der Waals surface area contributed by atoms with E-state index in [4.69, 9.17) is 9.47 Å². The van der Waals surface area contributed by atoms with Crippen LogP contribution in [-0.2, 0) is 0 Å². The van der Waals surface area contributed by atoms with Gasteiger partial charge in [0.2, 0.25) is 5.88 Å². The van der Waals surface area contributed by atoms with Crippen LogP contribution in [0.3, 0.4) is 0 Å². The van der Waals surface area contributed by atoms with Gasteiger partial charge in [0.25, 0.3) is 5.91 Å². The molecular formula is C21H27N3O3. The lowest BCUT2D eigenvalue weighted by atomic mass is 10.1. The van der Waals surface area contributed by atoms with Crippen molar-refractivity contribution in [2.75, 3.05) is 19.7 Å². The van der Waals surface area contributed by atoms with Crippen LogP contribution in [0.4, 0.5) is 0 Å². The molecule has 6 heteroatoms. The lowest BCUT2D eigenvalue weighted by Crippen LogP contribution is -2.44. The zero-order valence-corrected chi connectivity index (χ0v) is 15.8. The standard InChI is InChI=1S/C21H27N3O3/c1-2-3-4-15-26-18-11-9-17(10-12-18)21(25)24-14-6-7-19(16-24)27-20-8-5-13-22-23-20/h5,8-13,19H,2-4,6-7,14-16H2,1H3. The topological polar surface area (TPSA) is 64.5 Å². The number of unbranched alkanes of at least 4 members (excludes halogenated alkanes) is 2. The summed E-state index contributed by atoms with van der Waals surface area (Å²) in [5.74, 6) is 1.34. The molecule has 1 aliphatic rings. The van der Waals surface area contributed by atoms with Crippen molar-refractivity contribution in [1.82, 2.24) is 15.1 Å². The fourth-order valence-corrected chi connectivity index (χ4v) is 3.16. The van der Waals surface area contributed by atoms with Crippen LogP contribution >= 0.6 is 0 Å². The van der Waals surface area contributed by atoms with Gasteiger partial charge in [-0.2, -0.15) is 5.10 Å². The van der Waals surface area contributed by atoms with Gasteiger partial charge in [-0.1, -0.05) is 19.8 Å². The van der Waals surface area contributed by atoms with Crippen LogP contribution in [0.15, 0.2) is 42.6 Å². The van der Waals surface area contributed by atoms with Crippen molar-refractivity contribution < 1.29 is 14.3 Å². The van der Waals surface area contributed by atoms with Crippen molar-refractivity contribution in [2.24, 2.45) is 0 Å². The number of hydrogen-bond donors (Lipinski definition) is 0. The highest BCUT2D eigenvalue weighted by atomic mass is 16.5. The molecule has 0 bridgehead atoms. The number of carbonyl (C=O) groups is 1. The number of nitrogens with zero attached hydrogens (tertiary/aromatic N) is 3. The number of piperidine rings is 1. The monoisotopic (exact) mass is 369 g/mol. The maximum absolute atomic E-state index is 12.8. The van der Waals surface area contributed by atoms with Crippen LogP contribution in [0, 0.1) is 0 Å². The molecule has 1 aliphatic heterocycles. The first-order chi connectivity index (χ1) is 13.3. The van der Waals surface area contributed by atoms with Crippen molar-refractivity contribution in [1.29, 1.82) is 0 Å². The molecule has 0 aliphatic carbocycles. The number of benzene rings is 1. The third kappa shape index (κ3) is 5.67. The number of rotatable bonds is 8. The summed E-state index contributed by atoms with van der Waals surface area (Å²) in [6.07, 6.45) is 6.77. The van der Waals surface area contributed by atoms with Gasteiger partial charge in [-0.3, -0.25) is 4.79 Å². The van der Waals surface area contributed by atoms with E-state index < -0.39 is 0 Å². The molecule has 1 unspecified atom stereocenters. The molecule has 0 saturated carbocycles. The van der Waals surface area contributed by atoms with Gasteiger partial charge in [-0.15, -0.1) is 5.10 Å². The van der Waals surface area contributed by atoms with Gasteiger partial charge in [0.1, 0.15) is 11.9 Å². The highest BCUT2D eigenvalue weighted by Gasteiger charge is 2.26. The molecule has 27 heavy (non-hydrogen) atoms. The minimum absolute atomic E-state index is 0.0278. The molecule has 1 amide bonds. The van der Waals surface area contributed by atoms with Crippen molar-refractivity contribution in [3.8, 4) is 11.6 Å². The van der Waals surface area contributed by atoms with Gasteiger partial charge in [-0.05, 0) is 49.6 Å². The molecule has 1 aromatic heterocycles. The Morgan fingerprint density at radius 1 is 1.22 bits per heavy atom. The van der Waals surface area contributed by atoms with E-state index in [-0.39, 0.29) is 12.0 Å². The van der Waals surface area contributed by atoms with Gasteiger partial charge in [0.05, 0.1) is 13.2 Å². The molecule has 1 aromatic carbocycles. The highest BCUT2D eigenvalue weighted by molar-refractivity contribution is 5.94. The number of hydrogen-bond acceptors (Lipinski definition) is 5. The van der Waals surface area contributed by atoms with Gasteiger partial charge >= 0.3 is 0 Å². The van der Waals surface area contributed by atoms with Gasteiger partial charge in [-0.25, -0.2) is 0 Å². The van der Waals surface area contributed by atoms with Crippen LogP contribution in [0.2, 0.25) is 0 Å². The second-order valence-corrected chi connectivity index (χ2v) is 6.78. The van der Waals surface area contributed by atoms with E-state index >= 15 is 0 Å². The number of amides is 1. The van der Waals surface area contributed by atoms with E-state index in [1.54, 1.807) is 18.3 Å². The van der Waals surface area contributed by atoms with Crippen LogP contribution in [0.5, 0.6) is 11.6 Å².